The second kappa shape index (κ2) is 7.41. The quantitative estimate of drug-likeness (QED) is 0.765. The minimum atomic E-state index is -0.772. The van der Waals surface area contributed by atoms with Crippen LogP contribution in [0.2, 0.25) is 0 Å². The lowest BCUT2D eigenvalue weighted by Crippen LogP contribution is -2.41. The molecule has 2 atom stereocenters. The number of amides is 1. The first-order valence-electron chi connectivity index (χ1n) is 8.14. The third kappa shape index (κ3) is 3.55. The Hall–Kier alpha value is -2.48. The number of hydrogen-bond acceptors (Lipinski definition) is 6. The van der Waals surface area contributed by atoms with Crippen molar-refractivity contribution in [2.45, 2.75) is 32.4 Å². The summed E-state index contributed by atoms with van der Waals surface area (Å²) >= 11 is 1.28. The Labute approximate surface area is 154 Å². The standard InChI is InChI=1S/C18H19FN2O4S/c1-10-16(26-11(2)20-10)17(22)21-9-12(8-14(21)18(23)24-3)25-15-7-5-4-6-13(15)19/h4-7,12,14H,8-9H2,1-3H3/t12-,14-/m0/s1. The Morgan fingerprint density at radius 1 is 1.31 bits per heavy atom. The molecule has 1 amide bonds. The van der Waals surface area contributed by atoms with Gasteiger partial charge in [-0.15, -0.1) is 11.3 Å². The largest absolute Gasteiger partial charge is 0.485 e. The molecule has 0 bridgehead atoms. The molecule has 0 saturated carbocycles. The van der Waals surface area contributed by atoms with Gasteiger partial charge >= 0.3 is 5.97 Å². The van der Waals surface area contributed by atoms with Gasteiger partial charge in [-0.1, -0.05) is 12.1 Å². The first-order valence-corrected chi connectivity index (χ1v) is 8.96. The number of carbonyl (C=O) groups is 2. The average molecular weight is 378 g/mol. The minimum Gasteiger partial charge on any atom is -0.485 e. The van der Waals surface area contributed by atoms with Crippen LogP contribution in [0.25, 0.3) is 0 Å². The lowest BCUT2D eigenvalue weighted by Gasteiger charge is -2.21. The van der Waals surface area contributed by atoms with Crippen molar-refractivity contribution in [1.82, 2.24) is 9.88 Å². The minimum absolute atomic E-state index is 0.0974. The van der Waals surface area contributed by atoms with Crippen LogP contribution in [-0.4, -0.2) is 47.6 Å². The first kappa shape index (κ1) is 18.3. The molecule has 2 aromatic rings. The van der Waals surface area contributed by atoms with E-state index in [1.807, 2.05) is 6.92 Å². The lowest BCUT2D eigenvalue weighted by atomic mass is 10.2. The van der Waals surface area contributed by atoms with Crippen molar-refractivity contribution in [2.75, 3.05) is 13.7 Å². The zero-order valence-electron chi connectivity index (χ0n) is 14.7. The fourth-order valence-electron chi connectivity index (χ4n) is 3.05. The summed E-state index contributed by atoms with van der Waals surface area (Å²) in [6, 6.07) is 5.28. The molecular formula is C18H19FN2O4S. The molecule has 2 heterocycles. The molecule has 0 unspecified atom stereocenters. The zero-order chi connectivity index (χ0) is 18.8. The molecule has 26 heavy (non-hydrogen) atoms. The summed E-state index contributed by atoms with van der Waals surface area (Å²) in [4.78, 5) is 31.3. The van der Waals surface area contributed by atoms with Crippen molar-refractivity contribution in [3.8, 4) is 5.75 Å². The van der Waals surface area contributed by atoms with Crippen LogP contribution >= 0.6 is 11.3 Å². The number of benzene rings is 1. The summed E-state index contributed by atoms with van der Waals surface area (Å²) < 4.78 is 24.4. The fourth-order valence-corrected chi connectivity index (χ4v) is 3.92. The van der Waals surface area contributed by atoms with Crippen molar-refractivity contribution >= 4 is 23.2 Å². The first-order chi connectivity index (χ1) is 12.4. The van der Waals surface area contributed by atoms with Crippen molar-refractivity contribution < 1.29 is 23.5 Å². The van der Waals surface area contributed by atoms with E-state index in [4.69, 9.17) is 9.47 Å². The van der Waals surface area contributed by atoms with E-state index in [0.29, 0.717) is 10.6 Å². The summed E-state index contributed by atoms with van der Waals surface area (Å²) in [5.74, 6) is -1.19. The van der Waals surface area contributed by atoms with Crippen molar-refractivity contribution in [2.24, 2.45) is 0 Å². The number of ether oxygens (including phenoxy) is 2. The van der Waals surface area contributed by atoms with Crippen LogP contribution in [0, 0.1) is 19.7 Å². The van der Waals surface area contributed by atoms with Gasteiger partial charge in [0.1, 0.15) is 17.0 Å². The fraction of sp³-hybridized carbons (Fsp3) is 0.389. The van der Waals surface area contributed by atoms with Gasteiger partial charge in [-0.2, -0.15) is 0 Å². The normalized spacial score (nSPS) is 19.5. The molecule has 8 heteroatoms. The number of nitrogens with zero attached hydrogens (tertiary/aromatic N) is 2. The molecule has 3 rings (SSSR count). The Morgan fingerprint density at radius 3 is 2.65 bits per heavy atom. The maximum absolute atomic E-state index is 13.8. The van der Waals surface area contributed by atoms with Gasteiger partial charge in [0.05, 0.1) is 24.4 Å². The molecule has 0 spiro atoms. The van der Waals surface area contributed by atoms with Crippen molar-refractivity contribution in [1.29, 1.82) is 0 Å². The van der Waals surface area contributed by atoms with Crippen LogP contribution in [0.5, 0.6) is 5.75 Å². The number of hydrogen-bond donors (Lipinski definition) is 0. The number of carbonyl (C=O) groups excluding carboxylic acids is 2. The summed E-state index contributed by atoms with van der Waals surface area (Å²) in [5, 5.41) is 0.777. The molecule has 0 aliphatic carbocycles. The molecule has 1 aromatic carbocycles. The van der Waals surface area contributed by atoms with Crippen molar-refractivity contribution in [3.63, 3.8) is 0 Å². The third-order valence-electron chi connectivity index (χ3n) is 4.22. The maximum atomic E-state index is 13.8. The van der Waals surface area contributed by atoms with Gasteiger partial charge in [0.25, 0.3) is 5.91 Å². The van der Waals surface area contributed by atoms with Gasteiger partial charge in [-0.3, -0.25) is 4.79 Å². The molecule has 1 fully saturated rings. The van der Waals surface area contributed by atoms with Gasteiger partial charge in [-0.25, -0.2) is 14.2 Å². The SMILES string of the molecule is COC(=O)[C@@H]1C[C@H](Oc2ccccc2F)CN1C(=O)c1sc(C)nc1C. The van der Waals surface area contributed by atoms with Gasteiger partial charge in [-0.05, 0) is 26.0 Å². The van der Waals surface area contributed by atoms with E-state index in [0.717, 1.165) is 5.01 Å². The summed E-state index contributed by atoms with van der Waals surface area (Å²) in [6.07, 6.45) is -0.266. The highest BCUT2D eigenvalue weighted by molar-refractivity contribution is 7.13. The van der Waals surface area contributed by atoms with Gasteiger partial charge in [0.2, 0.25) is 0 Å². The van der Waals surface area contributed by atoms with Crippen LogP contribution in [-0.2, 0) is 9.53 Å². The highest BCUT2D eigenvalue weighted by atomic mass is 32.1. The monoisotopic (exact) mass is 378 g/mol. The van der Waals surface area contributed by atoms with E-state index in [2.05, 4.69) is 4.98 Å². The van der Waals surface area contributed by atoms with E-state index in [9.17, 15) is 14.0 Å². The number of esters is 1. The summed E-state index contributed by atoms with van der Waals surface area (Å²) in [6.45, 7) is 3.75. The molecule has 1 aliphatic rings. The predicted octanol–water partition coefficient (Wildman–Crippen LogP) is 2.73. The highest BCUT2D eigenvalue weighted by Gasteiger charge is 2.42. The van der Waals surface area contributed by atoms with Crippen LogP contribution < -0.4 is 4.74 Å². The van der Waals surface area contributed by atoms with Crippen LogP contribution in [0.4, 0.5) is 4.39 Å². The third-order valence-corrected chi connectivity index (χ3v) is 5.29. The number of rotatable bonds is 4. The molecule has 1 aromatic heterocycles. The number of methoxy groups -OCH3 is 1. The molecular weight excluding hydrogens is 359 g/mol. The smallest absolute Gasteiger partial charge is 0.328 e. The summed E-state index contributed by atoms with van der Waals surface area (Å²) in [5.41, 5.74) is 0.625. The number of aromatic nitrogens is 1. The van der Waals surface area contributed by atoms with Gasteiger partial charge < -0.3 is 14.4 Å². The number of thiazole rings is 1. The number of aryl methyl sites for hydroxylation is 2. The van der Waals surface area contributed by atoms with Crippen LogP contribution in [0.3, 0.4) is 0 Å². The Morgan fingerprint density at radius 2 is 2.04 bits per heavy atom. The topological polar surface area (TPSA) is 68.7 Å². The second-order valence-corrected chi connectivity index (χ2v) is 7.25. The lowest BCUT2D eigenvalue weighted by molar-refractivity contribution is -0.145. The maximum Gasteiger partial charge on any atom is 0.328 e. The predicted molar refractivity (Wildman–Crippen MR) is 93.9 cm³/mol. The second-order valence-electron chi connectivity index (χ2n) is 6.05. The van der Waals surface area contributed by atoms with Crippen LogP contribution in [0.1, 0.15) is 26.8 Å². The van der Waals surface area contributed by atoms with Crippen molar-refractivity contribution in [3.05, 3.63) is 45.7 Å². The Kier molecular flexibility index (Phi) is 5.22. The van der Waals surface area contributed by atoms with Gasteiger partial charge in [0.15, 0.2) is 11.6 Å². The molecule has 0 radical (unpaired) electrons. The highest BCUT2D eigenvalue weighted by Crippen LogP contribution is 2.29. The molecule has 1 saturated heterocycles. The molecule has 6 nitrogen and oxygen atoms in total. The van der Waals surface area contributed by atoms with E-state index in [1.165, 1.54) is 35.5 Å². The summed E-state index contributed by atoms with van der Waals surface area (Å²) in [7, 11) is 1.28. The zero-order valence-corrected chi connectivity index (χ0v) is 15.5. The van der Waals surface area contributed by atoms with E-state index < -0.39 is 23.9 Å². The number of likely N-dealkylation sites (tertiary alicyclic amines) is 1. The molecule has 0 N–H and O–H groups in total. The van der Waals surface area contributed by atoms with Gasteiger partial charge in [0, 0.05) is 6.42 Å². The van der Waals surface area contributed by atoms with E-state index >= 15 is 0 Å². The number of halogens is 1. The molecule has 138 valence electrons. The average Bonchev–Trinajstić information content (AvgIpc) is 3.18. The van der Waals surface area contributed by atoms with E-state index in [1.54, 1.807) is 19.1 Å². The number of para-hydroxylation sites is 1. The Bertz CT molecular complexity index is 838. The van der Waals surface area contributed by atoms with E-state index in [-0.39, 0.29) is 24.6 Å². The van der Waals surface area contributed by atoms with Crippen LogP contribution in [0.15, 0.2) is 24.3 Å². The Balaban J connectivity index is 1.83. The molecule has 1 aliphatic heterocycles.